The number of anilines is 2. The Morgan fingerprint density at radius 3 is 1.64 bits per heavy atom. The minimum absolute atomic E-state index is 0.132. The van der Waals surface area contributed by atoms with Crippen LogP contribution in [0.25, 0.3) is 0 Å². The molecule has 0 unspecified atom stereocenters. The average Bonchev–Trinajstić information content (AvgIpc) is 2.61. The Hall–Kier alpha value is -3.27. The summed E-state index contributed by atoms with van der Waals surface area (Å²) in [5, 5.41) is 19.1. The van der Waals surface area contributed by atoms with E-state index < -0.39 is 0 Å². The number of rotatable bonds is 3. The number of phenolic OH excluding ortho intramolecular Hbond substituents is 2. The van der Waals surface area contributed by atoms with Crippen LogP contribution in [0.4, 0.5) is 11.4 Å². The van der Waals surface area contributed by atoms with Gasteiger partial charge in [-0.3, -0.25) is 9.69 Å². The summed E-state index contributed by atoms with van der Waals surface area (Å²) in [5.41, 5.74) is 4.00. The topological polar surface area (TPSA) is 60.8 Å². The van der Waals surface area contributed by atoms with E-state index in [-0.39, 0.29) is 17.4 Å². The van der Waals surface area contributed by atoms with Crippen molar-refractivity contribution in [2.75, 3.05) is 4.90 Å². The first-order valence-corrected chi connectivity index (χ1v) is 7.95. The Labute approximate surface area is 146 Å². The van der Waals surface area contributed by atoms with Crippen LogP contribution in [-0.2, 0) is 0 Å². The average molecular weight is 333 g/mol. The summed E-state index contributed by atoms with van der Waals surface area (Å²) in [4.78, 5) is 14.7. The van der Waals surface area contributed by atoms with Crippen LogP contribution >= 0.6 is 0 Å². The molecule has 3 rings (SSSR count). The maximum absolute atomic E-state index is 13.2. The van der Waals surface area contributed by atoms with E-state index in [2.05, 4.69) is 0 Å². The second-order valence-electron chi connectivity index (χ2n) is 5.97. The van der Waals surface area contributed by atoms with E-state index in [0.29, 0.717) is 16.9 Å². The van der Waals surface area contributed by atoms with E-state index in [1.54, 1.807) is 35.2 Å². The predicted octanol–water partition coefficient (Wildman–Crippen LogP) is 4.69. The Morgan fingerprint density at radius 1 is 0.720 bits per heavy atom. The fourth-order valence-corrected chi connectivity index (χ4v) is 2.59. The smallest absolute Gasteiger partial charge is 0.262 e. The van der Waals surface area contributed by atoms with Gasteiger partial charge in [0.25, 0.3) is 5.91 Å². The van der Waals surface area contributed by atoms with Gasteiger partial charge in [0.2, 0.25) is 0 Å². The molecule has 0 fully saturated rings. The Balaban J connectivity index is 2.09. The van der Waals surface area contributed by atoms with Crippen LogP contribution in [0.5, 0.6) is 11.5 Å². The van der Waals surface area contributed by atoms with Crippen molar-refractivity contribution < 1.29 is 15.0 Å². The summed E-state index contributed by atoms with van der Waals surface area (Å²) in [5.74, 6) is 0.0838. The van der Waals surface area contributed by atoms with E-state index in [1.165, 1.54) is 24.3 Å². The first-order chi connectivity index (χ1) is 12.0. The summed E-state index contributed by atoms with van der Waals surface area (Å²) < 4.78 is 0. The molecule has 1 amide bonds. The van der Waals surface area contributed by atoms with E-state index in [4.69, 9.17) is 0 Å². The zero-order valence-corrected chi connectivity index (χ0v) is 14.1. The maximum atomic E-state index is 13.2. The predicted molar refractivity (Wildman–Crippen MR) is 98.6 cm³/mol. The highest BCUT2D eigenvalue weighted by Crippen LogP contribution is 2.30. The van der Waals surface area contributed by atoms with Gasteiger partial charge in [0.15, 0.2) is 0 Å². The molecule has 25 heavy (non-hydrogen) atoms. The van der Waals surface area contributed by atoms with E-state index in [9.17, 15) is 15.0 Å². The number of carbonyl (C=O) groups excluding carboxylic acids is 1. The number of carbonyl (C=O) groups is 1. The highest BCUT2D eigenvalue weighted by molar-refractivity contribution is 6.11. The summed E-state index contributed by atoms with van der Waals surface area (Å²) in [6.45, 7) is 3.97. The molecule has 0 spiro atoms. The molecule has 4 heteroatoms. The highest BCUT2D eigenvalue weighted by atomic mass is 16.3. The van der Waals surface area contributed by atoms with Crippen LogP contribution in [0.2, 0.25) is 0 Å². The number of hydrogen-bond donors (Lipinski definition) is 2. The van der Waals surface area contributed by atoms with Crippen molar-refractivity contribution in [3.05, 3.63) is 83.4 Å². The first kappa shape index (κ1) is 16.6. The zero-order chi connectivity index (χ0) is 18.0. The number of aromatic hydroxyl groups is 2. The van der Waals surface area contributed by atoms with Crippen LogP contribution < -0.4 is 4.90 Å². The van der Waals surface area contributed by atoms with Crippen molar-refractivity contribution in [3.63, 3.8) is 0 Å². The van der Waals surface area contributed by atoms with Gasteiger partial charge in [-0.15, -0.1) is 0 Å². The molecule has 3 aromatic rings. The van der Waals surface area contributed by atoms with Crippen LogP contribution in [0.15, 0.2) is 66.7 Å². The van der Waals surface area contributed by atoms with Gasteiger partial charge in [-0.05, 0) is 85.6 Å². The zero-order valence-electron chi connectivity index (χ0n) is 14.1. The van der Waals surface area contributed by atoms with Crippen molar-refractivity contribution in [1.29, 1.82) is 0 Å². The maximum Gasteiger partial charge on any atom is 0.262 e. The minimum Gasteiger partial charge on any atom is -0.508 e. The third kappa shape index (κ3) is 3.48. The quantitative estimate of drug-likeness (QED) is 0.731. The summed E-state index contributed by atoms with van der Waals surface area (Å²) in [7, 11) is 0. The lowest BCUT2D eigenvalue weighted by molar-refractivity contribution is 0.0999. The van der Waals surface area contributed by atoms with Crippen LogP contribution in [0, 0.1) is 13.8 Å². The largest absolute Gasteiger partial charge is 0.508 e. The van der Waals surface area contributed by atoms with E-state index in [1.807, 2.05) is 26.0 Å². The molecule has 0 atom stereocenters. The molecule has 0 aromatic heterocycles. The van der Waals surface area contributed by atoms with Gasteiger partial charge >= 0.3 is 0 Å². The second-order valence-corrected chi connectivity index (χ2v) is 5.97. The van der Waals surface area contributed by atoms with Gasteiger partial charge in [0, 0.05) is 16.9 Å². The van der Waals surface area contributed by atoms with Crippen LogP contribution in [-0.4, -0.2) is 16.1 Å². The third-order valence-corrected chi connectivity index (χ3v) is 4.17. The number of nitrogens with zero attached hydrogens (tertiary/aromatic N) is 1. The number of benzene rings is 3. The molecule has 0 saturated heterocycles. The number of phenols is 2. The van der Waals surface area contributed by atoms with Gasteiger partial charge in [0.1, 0.15) is 11.5 Å². The molecule has 4 nitrogen and oxygen atoms in total. The molecule has 2 N–H and O–H groups in total. The van der Waals surface area contributed by atoms with E-state index >= 15 is 0 Å². The van der Waals surface area contributed by atoms with Gasteiger partial charge in [-0.2, -0.15) is 0 Å². The lowest BCUT2D eigenvalue weighted by atomic mass is 10.0. The fraction of sp³-hybridized carbons (Fsp3) is 0.0952. The number of hydrogen-bond acceptors (Lipinski definition) is 3. The molecule has 0 aliphatic heterocycles. The Kier molecular flexibility index (Phi) is 4.44. The van der Waals surface area contributed by atoms with Crippen molar-refractivity contribution in [2.24, 2.45) is 0 Å². The summed E-state index contributed by atoms with van der Waals surface area (Å²) in [6.07, 6.45) is 0. The highest BCUT2D eigenvalue weighted by Gasteiger charge is 2.20. The number of amides is 1. The molecular formula is C21H19NO3. The third-order valence-electron chi connectivity index (χ3n) is 4.17. The molecule has 0 radical (unpaired) electrons. The van der Waals surface area contributed by atoms with Crippen LogP contribution in [0.1, 0.15) is 21.5 Å². The Bertz CT molecular complexity index is 854. The fourth-order valence-electron chi connectivity index (χ4n) is 2.59. The van der Waals surface area contributed by atoms with Crippen LogP contribution in [0.3, 0.4) is 0 Å². The van der Waals surface area contributed by atoms with Gasteiger partial charge in [-0.25, -0.2) is 0 Å². The van der Waals surface area contributed by atoms with Crippen molar-refractivity contribution in [3.8, 4) is 11.5 Å². The molecule has 0 saturated carbocycles. The first-order valence-electron chi connectivity index (χ1n) is 7.95. The van der Waals surface area contributed by atoms with Crippen molar-refractivity contribution in [2.45, 2.75) is 13.8 Å². The standard InChI is InChI=1S/C21H19NO3/c1-14-3-4-16(13-15(14)2)21(25)22(17-5-9-19(23)10-6-17)18-7-11-20(24)12-8-18/h3-13,23-24H,1-2H3. The van der Waals surface area contributed by atoms with Gasteiger partial charge < -0.3 is 10.2 Å². The molecule has 0 aliphatic rings. The molecule has 0 heterocycles. The SMILES string of the molecule is Cc1ccc(C(=O)N(c2ccc(O)cc2)c2ccc(O)cc2)cc1C. The molecule has 0 aliphatic carbocycles. The summed E-state index contributed by atoms with van der Waals surface area (Å²) in [6, 6.07) is 18.5. The Morgan fingerprint density at radius 2 is 1.20 bits per heavy atom. The molecular weight excluding hydrogens is 314 g/mol. The second kappa shape index (κ2) is 6.69. The molecule has 126 valence electrons. The monoisotopic (exact) mass is 333 g/mol. The lowest BCUT2D eigenvalue weighted by Crippen LogP contribution is -2.26. The summed E-state index contributed by atoms with van der Waals surface area (Å²) >= 11 is 0. The molecule has 3 aromatic carbocycles. The lowest BCUT2D eigenvalue weighted by Gasteiger charge is -2.23. The molecule has 0 bridgehead atoms. The van der Waals surface area contributed by atoms with Crippen molar-refractivity contribution in [1.82, 2.24) is 0 Å². The normalized spacial score (nSPS) is 10.5. The number of aryl methyl sites for hydroxylation is 2. The van der Waals surface area contributed by atoms with Gasteiger partial charge in [0.05, 0.1) is 0 Å². The van der Waals surface area contributed by atoms with E-state index in [0.717, 1.165) is 11.1 Å². The van der Waals surface area contributed by atoms with Gasteiger partial charge in [-0.1, -0.05) is 6.07 Å². The van der Waals surface area contributed by atoms with Crippen molar-refractivity contribution >= 4 is 17.3 Å². The minimum atomic E-state index is -0.181.